The van der Waals surface area contributed by atoms with Gasteiger partial charge in [-0.1, -0.05) is 147 Å². The maximum Gasteiger partial charge on any atom is 0.137 e. The highest BCUT2D eigenvalue weighted by Gasteiger charge is 2.29. The summed E-state index contributed by atoms with van der Waals surface area (Å²) in [5, 5.41) is 2.31. The molecule has 0 saturated carbocycles. The molecule has 10 rings (SSSR count). The minimum absolute atomic E-state index is 0.0499. The van der Waals surface area contributed by atoms with Crippen LogP contribution in [0.4, 0.5) is 22.7 Å². The Morgan fingerprint density at radius 3 is 1.71 bits per heavy atom. The van der Waals surface area contributed by atoms with E-state index in [0.717, 1.165) is 45.0 Å². The Balaban J connectivity index is 1.03. The molecule has 0 amide bonds. The minimum Gasteiger partial charge on any atom is -0.457 e. The summed E-state index contributed by atoms with van der Waals surface area (Å²) in [6.07, 6.45) is 2.03. The van der Waals surface area contributed by atoms with Crippen molar-refractivity contribution in [2.45, 2.75) is 85.5 Å². The number of rotatable bonds is 7. The Bertz CT molecular complexity index is 3280. The number of fused-ring (bicyclic) bond motifs is 4. The lowest BCUT2D eigenvalue weighted by molar-refractivity contribution is 0.483. The number of hydrogen-bond acceptors (Lipinski definition) is 4. The van der Waals surface area contributed by atoms with Gasteiger partial charge in [0, 0.05) is 46.0 Å². The van der Waals surface area contributed by atoms with Gasteiger partial charge in [-0.05, 0) is 129 Å². The van der Waals surface area contributed by atoms with Crippen molar-refractivity contribution in [3.63, 3.8) is 0 Å². The summed E-state index contributed by atoms with van der Waals surface area (Å²) in [6.45, 7) is 23.3. The molecule has 2 aromatic heterocycles. The van der Waals surface area contributed by atoms with Gasteiger partial charge in [0.2, 0.25) is 0 Å². The first kappa shape index (κ1) is 42.8. The second-order valence-electron chi connectivity index (χ2n) is 21.1. The molecule has 0 atom stereocenters. The molecule has 0 saturated heterocycles. The van der Waals surface area contributed by atoms with Gasteiger partial charge in [0.1, 0.15) is 24.0 Å². The van der Waals surface area contributed by atoms with Crippen LogP contribution >= 0.6 is 0 Å². The number of nitrogens with zero attached hydrogens (tertiary/aromatic N) is 4. The topological polar surface area (TPSA) is 33.5 Å². The second kappa shape index (κ2) is 16.1. The van der Waals surface area contributed by atoms with Crippen molar-refractivity contribution in [1.29, 1.82) is 0 Å². The van der Waals surface area contributed by atoms with Crippen LogP contribution in [0, 0.1) is 6.92 Å². The number of benzene rings is 7. The van der Waals surface area contributed by atoms with Crippen LogP contribution in [-0.4, -0.2) is 16.2 Å². The molecule has 66 heavy (non-hydrogen) atoms. The summed E-state index contributed by atoms with van der Waals surface area (Å²) >= 11 is 0. The fourth-order valence-corrected chi connectivity index (χ4v) is 9.42. The second-order valence-corrected chi connectivity index (χ2v) is 21.1. The zero-order valence-corrected chi connectivity index (χ0v) is 40.1. The normalized spacial score (nSPS) is 13.2. The van der Waals surface area contributed by atoms with E-state index in [9.17, 15) is 0 Å². The van der Waals surface area contributed by atoms with Crippen LogP contribution in [0.2, 0.25) is 0 Å². The first-order chi connectivity index (χ1) is 31.5. The van der Waals surface area contributed by atoms with Crippen LogP contribution in [0.15, 0.2) is 170 Å². The Morgan fingerprint density at radius 2 is 1.05 bits per heavy atom. The maximum atomic E-state index is 6.82. The van der Waals surface area contributed by atoms with E-state index in [-0.39, 0.29) is 16.2 Å². The van der Waals surface area contributed by atoms with E-state index >= 15 is 0 Å². The van der Waals surface area contributed by atoms with Gasteiger partial charge >= 0.3 is 0 Å². The third-order valence-corrected chi connectivity index (χ3v) is 13.3. The predicted octanol–water partition coefficient (Wildman–Crippen LogP) is 16.8. The molecule has 0 bridgehead atoms. The van der Waals surface area contributed by atoms with Crippen LogP contribution in [-0.2, 0) is 16.2 Å². The molecule has 330 valence electrons. The molecule has 0 aliphatic carbocycles. The number of anilines is 4. The molecule has 1 aliphatic rings. The fourth-order valence-electron chi connectivity index (χ4n) is 9.42. The number of para-hydroxylation sites is 2. The van der Waals surface area contributed by atoms with Crippen molar-refractivity contribution in [3.05, 3.63) is 192 Å². The number of aryl methyl sites for hydroxylation is 1. The standard InChI is InChI=1S/C61H60N4O/c1-40-32-58(62-38-53(40)41-24-27-44(28-25-41)59(2,3)4)65-54-31-26-43(42-16-13-17-45(33-42)60(5,6)7)34-52(54)51-30-29-50(37-57(51)65)66-49-21-15-20-48(36-49)64-39-63(55-22-11-12-23-56(55)64)47-19-14-18-46(35-47)61(8,9)10/h11-38H,39H2,1-10H3. The number of hydrogen-bond donors (Lipinski definition) is 0. The van der Waals surface area contributed by atoms with Crippen LogP contribution in [0.1, 0.15) is 84.6 Å². The van der Waals surface area contributed by atoms with Crippen molar-refractivity contribution in [1.82, 2.24) is 9.55 Å². The zero-order chi connectivity index (χ0) is 46.1. The molecule has 3 heterocycles. The van der Waals surface area contributed by atoms with Crippen molar-refractivity contribution in [2.75, 3.05) is 16.5 Å². The SMILES string of the molecule is Cc1cc(-n2c3ccc(-c4cccc(C(C)(C)C)c4)cc3c3ccc(Oc4cccc(N5CN(c6cccc(C(C)(C)C)c6)c6ccccc65)c4)cc32)ncc1-c1ccc(C(C)(C)C)cc1. The average molecular weight is 865 g/mol. The van der Waals surface area contributed by atoms with E-state index in [4.69, 9.17) is 9.72 Å². The molecular formula is C61H60N4O. The number of pyridine rings is 1. The van der Waals surface area contributed by atoms with Gasteiger partial charge < -0.3 is 14.5 Å². The van der Waals surface area contributed by atoms with E-state index < -0.39 is 0 Å². The van der Waals surface area contributed by atoms with Crippen molar-refractivity contribution in [2.24, 2.45) is 0 Å². The van der Waals surface area contributed by atoms with Gasteiger partial charge in [-0.15, -0.1) is 0 Å². The highest BCUT2D eigenvalue weighted by atomic mass is 16.5. The van der Waals surface area contributed by atoms with Crippen LogP contribution in [0.3, 0.4) is 0 Å². The lowest BCUT2D eigenvalue weighted by Crippen LogP contribution is -2.24. The van der Waals surface area contributed by atoms with Crippen molar-refractivity contribution >= 4 is 44.6 Å². The Hall–Kier alpha value is -7.11. The summed E-state index contributed by atoms with van der Waals surface area (Å²) < 4.78 is 9.12. The predicted molar refractivity (Wildman–Crippen MR) is 279 cm³/mol. The van der Waals surface area contributed by atoms with Gasteiger partial charge in [-0.25, -0.2) is 4.98 Å². The molecule has 1 aliphatic heterocycles. The van der Waals surface area contributed by atoms with Gasteiger partial charge in [0.25, 0.3) is 0 Å². The van der Waals surface area contributed by atoms with E-state index in [1.165, 1.54) is 61.4 Å². The lowest BCUT2D eigenvalue weighted by atomic mass is 9.85. The summed E-state index contributed by atoms with van der Waals surface area (Å²) in [6, 6.07) is 59.5. The quantitative estimate of drug-likeness (QED) is 0.160. The maximum absolute atomic E-state index is 6.82. The first-order valence-corrected chi connectivity index (χ1v) is 23.3. The largest absolute Gasteiger partial charge is 0.457 e. The van der Waals surface area contributed by atoms with E-state index in [0.29, 0.717) is 6.67 Å². The molecule has 0 fully saturated rings. The third kappa shape index (κ3) is 8.02. The fraction of sp³-hybridized carbons (Fsp3) is 0.230. The third-order valence-electron chi connectivity index (χ3n) is 13.3. The van der Waals surface area contributed by atoms with Gasteiger partial charge in [-0.3, -0.25) is 4.57 Å². The van der Waals surface area contributed by atoms with E-state index in [1.54, 1.807) is 0 Å². The highest BCUT2D eigenvalue weighted by Crippen LogP contribution is 2.46. The Morgan fingerprint density at radius 1 is 0.455 bits per heavy atom. The van der Waals surface area contributed by atoms with Gasteiger partial charge in [0.05, 0.1) is 22.4 Å². The average Bonchev–Trinajstić information content (AvgIpc) is 3.84. The Labute approximate surface area is 391 Å². The van der Waals surface area contributed by atoms with Gasteiger partial charge in [0.15, 0.2) is 0 Å². The molecule has 0 spiro atoms. The molecule has 0 unspecified atom stereocenters. The molecular weight excluding hydrogens is 805 g/mol. The summed E-state index contributed by atoms with van der Waals surface area (Å²) in [4.78, 5) is 9.97. The summed E-state index contributed by atoms with van der Waals surface area (Å²) in [5.74, 6) is 2.41. The number of aromatic nitrogens is 2. The Kier molecular flexibility index (Phi) is 10.4. The molecule has 5 nitrogen and oxygen atoms in total. The molecule has 9 aromatic rings. The van der Waals surface area contributed by atoms with E-state index in [2.05, 4.69) is 241 Å². The van der Waals surface area contributed by atoms with Crippen LogP contribution < -0.4 is 14.5 Å². The first-order valence-electron chi connectivity index (χ1n) is 23.3. The smallest absolute Gasteiger partial charge is 0.137 e. The molecule has 0 N–H and O–H groups in total. The van der Waals surface area contributed by atoms with Crippen LogP contribution in [0.5, 0.6) is 11.5 Å². The monoisotopic (exact) mass is 864 g/mol. The van der Waals surface area contributed by atoms with Crippen LogP contribution in [0.25, 0.3) is 49.9 Å². The highest BCUT2D eigenvalue weighted by molar-refractivity contribution is 6.10. The van der Waals surface area contributed by atoms with E-state index in [1.807, 2.05) is 12.3 Å². The molecule has 5 heteroatoms. The minimum atomic E-state index is 0.0499. The van der Waals surface area contributed by atoms with Crippen molar-refractivity contribution < 1.29 is 4.74 Å². The zero-order valence-electron chi connectivity index (χ0n) is 40.1. The summed E-state index contributed by atoms with van der Waals surface area (Å²) in [5.41, 5.74) is 16.8. The molecule has 0 radical (unpaired) electrons. The summed E-state index contributed by atoms with van der Waals surface area (Å²) in [7, 11) is 0. The van der Waals surface area contributed by atoms with Gasteiger partial charge in [-0.2, -0.15) is 0 Å². The lowest BCUT2D eigenvalue weighted by Gasteiger charge is -2.25. The molecule has 7 aromatic carbocycles. The number of ether oxygens (including phenoxy) is 1. The van der Waals surface area contributed by atoms with Crippen molar-refractivity contribution in [3.8, 4) is 39.6 Å².